The second kappa shape index (κ2) is 16.3. The molecule has 1 fully saturated rings. The molecule has 0 atom stereocenters. The van der Waals surface area contributed by atoms with Gasteiger partial charge in [-0.3, -0.25) is 14.7 Å². The van der Waals surface area contributed by atoms with Crippen molar-refractivity contribution in [1.29, 1.82) is 0 Å². The van der Waals surface area contributed by atoms with E-state index in [2.05, 4.69) is 21.7 Å². The van der Waals surface area contributed by atoms with Crippen molar-refractivity contribution in [2.75, 3.05) is 39.4 Å². The molecule has 0 bridgehead atoms. The van der Waals surface area contributed by atoms with Gasteiger partial charge in [0, 0.05) is 51.5 Å². The maximum Gasteiger partial charge on any atom is 0.222 e. The molecular formula is C25H43N3O2. The first kappa shape index (κ1) is 24.8. The van der Waals surface area contributed by atoms with Crippen LogP contribution in [0.25, 0.3) is 0 Å². The number of morpholine rings is 1. The van der Waals surface area contributed by atoms with Gasteiger partial charge in [-0.15, -0.1) is 0 Å². The fourth-order valence-electron chi connectivity index (χ4n) is 4.06. The third-order valence-electron chi connectivity index (χ3n) is 5.98. The van der Waals surface area contributed by atoms with Crippen LogP contribution in [0.3, 0.4) is 0 Å². The zero-order valence-electron chi connectivity index (χ0n) is 19.2. The number of pyridine rings is 1. The number of carbonyl (C=O) groups is 1. The Hall–Kier alpha value is -1.46. The van der Waals surface area contributed by atoms with Crippen LogP contribution in [0, 0.1) is 0 Å². The summed E-state index contributed by atoms with van der Waals surface area (Å²) in [5.74, 6) is 0.303. The fraction of sp³-hybridized carbons (Fsp3) is 0.760. The van der Waals surface area contributed by atoms with Gasteiger partial charge >= 0.3 is 0 Å². The smallest absolute Gasteiger partial charge is 0.222 e. The molecule has 0 saturated carbocycles. The number of amides is 1. The van der Waals surface area contributed by atoms with Crippen LogP contribution >= 0.6 is 0 Å². The molecule has 0 aliphatic carbocycles. The lowest BCUT2D eigenvalue weighted by molar-refractivity contribution is -0.132. The van der Waals surface area contributed by atoms with Gasteiger partial charge in [-0.2, -0.15) is 0 Å². The zero-order chi connectivity index (χ0) is 21.3. The first-order chi connectivity index (χ1) is 14.8. The lowest BCUT2D eigenvalue weighted by atomic mass is 10.1. The molecule has 0 radical (unpaired) electrons. The molecule has 2 rings (SSSR count). The largest absolute Gasteiger partial charge is 0.379 e. The second-order valence-corrected chi connectivity index (χ2v) is 8.56. The summed E-state index contributed by atoms with van der Waals surface area (Å²) < 4.78 is 5.43. The molecule has 1 amide bonds. The Morgan fingerprint density at radius 3 is 2.27 bits per heavy atom. The van der Waals surface area contributed by atoms with E-state index in [0.29, 0.717) is 18.9 Å². The normalized spacial score (nSPS) is 14.7. The van der Waals surface area contributed by atoms with Crippen LogP contribution in [-0.4, -0.2) is 60.1 Å². The molecule has 30 heavy (non-hydrogen) atoms. The summed E-state index contributed by atoms with van der Waals surface area (Å²) in [6, 6.07) is 4.03. The van der Waals surface area contributed by atoms with Crippen molar-refractivity contribution in [3.8, 4) is 0 Å². The Bertz CT molecular complexity index is 547. The van der Waals surface area contributed by atoms with Crippen LogP contribution in [0.5, 0.6) is 0 Å². The van der Waals surface area contributed by atoms with Crippen LogP contribution in [-0.2, 0) is 16.1 Å². The summed E-state index contributed by atoms with van der Waals surface area (Å²) in [6.07, 6.45) is 16.9. The maximum atomic E-state index is 12.9. The number of rotatable bonds is 16. The number of hydrogen-bond donors (Lipinski definition) is 0. The Morgan fingerprint density at radius 1 is 0.967 bits per heavy atom. The quantitative estimate of drug-likeness (QED) is 0.353. The van der Waals surface area contributed by atoms with Gasteiger partial charge in [-0.05, 0) is 30.5 Å². The number of nitrogens with zero attached hydrogens (tertiary/aromatic N) is 3. The van der Waals surface area contributed by atoms with E-state index in [-0.39, 0.29) is 0 Å². The minimum atomic E-state index is 0.303. The second-order valence-electron chi connectivity index (χ2n) is 8.56. The fourth-order valence-corrected chi connectivity index (χ4v) is 4.06. The Labute approximate surface area is 184 Å². The summed E-state index contributed by atoms with van der Waals surface area (Å²) in [7, 11) is 0. The Balaban J connectivity index is 1.67. The molecule has 1 aliphatic heterocycles. The third-order valence-corrected chi connectivity index (χ3v) is 5.98. The van der Waals surface area contributed by atoms with E-state index < -0.39 is 0 Å². The van der Waals surface area contributed by atoms with Crippen molar-refractivity contribution in [3.63, 3.8) is 0 Å². The predicted octanol–water partition coefficient (Wildman–Crippen LogP) is 5.05. The first-order valence-corrected chi connectivity index (χ1v) is 12.3. The van der Waals surface area contributed by atoms with Gasteiger partial charge in [-0.25, -0.2) is 0 Å². The van der Waals surface area contributed by atoms with E-state index in [1.54, 1.807) is 0 Å². The Morgan fingerprint density at radius 2 is 1.60 bits per heavy atom. The first-order valence-electron chi connectivity index (χ1n) is 12.3. The average Bonchev–Trinajstić information content (AvgIpc) is 2.78. The topological polar surface area (TPSA) is 45.7 Å². The average molecular weight is 418 g/mol. The monoisotopic (exact) mass is 417 g/mol. The van der Waals surface area contributed by atoms with Crippen LogP contribution in [0.2, 0.25) is 0 Å². The van der Waals surface area contributed by atoms with E-state index in [1.165, 1.54) is 51.4 Å². The van der Waals surface area contributed by atoms with Gasteiger partial charge in [0.15, 0.2) is 0 Å². The van der Waals surface area contributed by atoms with Gasteiger partial charge in [-0.1, -0.05) is 58.3 Å². The van der Waals surface area contributed by atoms with Gasteiger partial charge < -0.3 is 9.64 Å². The van der Waals surface area contributed by atoms with Gasteiger partial charge in [0.25, 0.3) is 0 Å². The number of carbonyl (C=O) groups excluding carboxylic acids is 1. The van der Waals surface area contributed by atoms with E-state index in [9.17, 15) is 4.79 Å². The van der Waals surface area contributed by atoms with Crippen LogP contribution in [0.15, 0.2) is 24.5 Å². The lowest BCUT2D eigenvalue weighted by Gasteiger charge is -2.28. The molecule has 1 saturated heterocycles. The molecule has 1 aromatic rings. The SMILES string of the molecule is CCCCCCCCCCCC(=O)N(CCCN1CCOCC1)Cc1ccncc1. The van der Waals surface area contributed by atoms with E-state index in [1.807, 2.05) is 24.5 Å². The van der Waals surface area contributed by atoms with Crippen molar-refractivity contribution < 1.29 is 9.53 Å². The van der Waals surface area contributed by atoms with E-state index in [0.717, 1.165) is 57.8 Å². The van der Waals surface area contributed by atoms with E-state index in [4.69, 9.17) is 4.74 Å². The summed E-state index contributed by atoms with van der Waals surface area (Å²) in [6.45, 7) is 8.51. The highest BCUT2D eigenvalue weighted by molar-refractivity contribution is 5.76. The van der Waals surface area contributed by atoms with Crippen molar-refractivity contribution in [1.82, 2.24) is 14.8 Å². The number of hydrogen-bond acceptors (Lipinski definition) is 4. The highest BCUT2D eigenvalue weighted by Crippen LogP contribution is 2.13. The van der Waals surface area contributed by atoms with Crippen molar-refractivity contribution >= 4 is 5.91 Å². The van der Waals surface area contributed by atoms with Crippen molar-refractivity contribution in [2.24, 2.45) is 0 Å². The highest BCUT2D eigenvalue weighted by atomic mass is 16.5. The standard InChI is InChI=1S/C25H43N3O2/c1-2-3-4-5-6-7-8-9-10-12-25(29)28(23-24-13-15-26-16-14-24)18-11-17-27-19-21-30-22-20-27/h13-16H,2-12,17-23H2,1H3. The molecule has 1 aliphatic rings. The van der Waals surface area contributed by atoms with Gasteiger partial charge in [0.1, 0.15) is 0 Å². The summed E-state index contributed by atoms with van der Waals surface area (Å²) in [5.41, 5.74) is 1.16. The molecule has 5 heteroatoms. The van der Waals surface area contributed by atoms with Crippen molar-refractivity contribution in [2.45, 2.75) is 84.1 Å². The van der Waals surface area contributed by atoms with Gasteiger partial charge in [0.2, 0.25) is 5.91 Å². The summed E-state index contributed by atoms with van der Waals surface area (Å²) >= 11 is 0. The number of ether oxygens (including phenoxy) is 1. The molecule has 2 heterocycles. The van der Waals surface area contributed by atoms with Gasteiger partial charge in [0.05, 0.1) is 13.2 Å². The predicted molar refractivity (Wildman–Crippen MR) is 123 cm³/mol. The molecule has 0 N–H and O–H groups in total. The molecule has 0 unspecified atom stereocenters. The molecule has 0 spiro atoms. The summed E-state index contributed by atoms with van der Waals surface area (Å²) in [5, 5.41) is 0. The molecule has 5 nitrogen and oxygen atoms in total. The number of unbranched alkanes of at least 4 members (excludes halogenated alkanes) is 8. The molecule has 1 aromatic heterocycles. The van der Waals surface area contributed by atoms with Crippen molar-refractivity contribution in [3.05, 3.63) is 30.1 Å². The Kier molecular flexibility index (Phi) is 13.4. The minimum absolute atomic E-state index is 0.303. The number of aromatic nitrogens is 1. The highest BCUT2D eigenvalue weighted by Gasteiger charge is 2.15. The van der Waals surface area contributed by atoms with Crippen LogP contribution in [0.4, 0.5) is 0 Å². The zero-order valence-corrected chi connectivity index (χ0v) is 19.2. The molecule has 0 aromatic carbocycles. The van der Waals surface area contributed by atoms with Crippen LogP contribution < -0.4 is 0 Å². The van der Waals surface area contributed by atoms with Crippen LogP contribution in [0.1, 0.15) is 83.1 Å². The maximum absolute atomic E-state index is 12.9. The lowest BCUT2D eigenvalue weighted by Crippen LogP contribution is -2.39. The molecular weight excluding hydrogens is 374 g/mol. The third kappa shape index (κ3) is 11.1. The minimum Gasteiger partial charge on any atom is -0.379 e. The molecule has 170 valence electrons. The summed E-state index contributed by atoms with van der Waals surface area (Å²) in [4.78, 5) is 21.5. The van der Waals surface area contributed by atoms with E-state index >= 15 is 0 Å².